The molecule has 4 aliphatic rings. The van der Waals surface area contributed by atoms with Gasteiger partial charge in [-0.2, -0.15) is 5.10 Å². The molecular weight excluding hydrogens is 258 g/mol. The Bertz CT molecular complexity index is 567. The Morgan fingerprint density at radius 1 is 1.00 bits per heavy atom. The summed E-state index contributed by atoms with van der Waals surface area (Å²) < 4.78 is 0. The summed E-state index contributed by atoms with van der Waals surface area (Å²) in [6.45, 7) is 1.03. The Kier molecular flexibility index (Phi) is 2.44. The SMILES string of the molecule is c1ccc(C2(N3CN(C4CC4)C(C4CC4)=N3)CCC2)cc1. The third-order valence-corrected chi connectivity index (χ3v) is 5.72. The molecule has 3 heteroatoms. The Morgan fingerprint density at radius 3 is 2.33 bits per heavy atom. The summed E-state index contributed by atoms with van der Waals surface area (Å²) >= 11 is 0. The average Bonchev–Trinajstić information content (AvgIpc) is 3.38. The first-order chi connectivity index (χ1) is 10.4. The van der Waals surface area contributed by atoms with E-state index >= 15 is 0 Å². The van der Waals surface area contributed by atoms with Crippen molar-refractivity contribution in [3.05, 3.63) is 35.9 Å². The van der Waals surface area contributed by atoms with Crippen molar-refractivity contribution in [2.45, 2.75) is 56.5 Å². The lowest BCUT2D eigenvalue weighted by molar-refractivity contribution is 0.00270. The normalized spacial score (nSPS) is 27.5. The maximum atomic E-state index is 5.14. The molecule has 1 aromatic carbocycles. The van der Waals surface area contributed by atoms with Gasteiger partial charge in [0.25, 0.3) is 0 Å². The smallest absolute Gasteiger partial charge is 0.129 e. The van der Waals surface area contributed by atoms with Gasteiger partial charge in [-0.3, -0.25) is 5.01 Å². The van der Waals surface area contributed by atoms with E-state index in [1.165, 1.54) is 56.3 Å². The summed E-state index contributed by atoms with van der Waals surface area (Å²) in [5.41, 5.74) is 1.65. The molecule has 3 fully saturated rings. The number of hydrogen-bond acceptors (Lipinski definition) is 3. The molecule has 1 aromatic rings. The molecule has 3 aliphatic carbocycles. The average molecular weight is 281 g/mol. The molecule has 1 heterocycles. The fourth-order valence-corrected chi connectivity index (χ4v) is 3.96. The van der Waals surface area contributed by atoms with Gasteiger partial charge >= 0.3 is 0 Å². The lowest BCUT2D eigenvalue weighted by Crippen LogP contribution is -2.49. The topological polar surface area (TPSA) is 18.8 Å². The van der Waals surface area contributed by atoms with Crippen LogP contribution in [-0.2, 0) is 5.54 Å². The summed E-state index contributed by atoms with van der Waals surface area (Å²) in [7, 11) is 0. The van der Waals surface area contributed by atoms with Crippen molar-refractivity contribution >= 4 is 5.84 Å². The fourth-order valence-electron chi connectivity index (χ4n) is 3.96. The van der Waals surface area contributed by atoms with Gasteiger partial charge in [-0.25, -0.2) is 0 Å². The van der Waals surface area contributed by atoms with Crippen LogP contribution in [0.2, 0.25) is 0 Å². The van der Waals surface area contributed by atoms with Crippen LogP contribution in [0.25, 0.3) is 0 Å². The highest BCUT2D eigenvalue weighted by Gasteiger charge is 2.50. The van der Waals surface area contributed by atoms with Crippen molar-refractivity contribution in [2.75, 3.05) is 6.67 Å². The molecule has 0 bridgehead atoms. The molecule has 110 valence electrons. The van der Waals surface area contributed by atoms with Gasteiger partial charge in [0.2, 0.25) is 0 Å². The van der Waals surface area contributed by atoms with E-state index in [-0.39, 0.29) is 5.54 Å². The van der Waals surface area contributed by atoms with Gasteiger partial charge in [0, 0.05) is 12.0 Å². The number of nitrogens with zero attached hydrogens (tertiary/aromatic N) is 3. The quantitative estimate of drug-likeness (QED) is 0.841. The molecule has 1 aliphatic heterocycles. The molecule has 3 saturated carbocycles. The lowest BCUT2D eigenvalue weighted by Gasteiger charge is -2.48. The van der Waals surface area contributed by atoms with E-state index in [9.17, 15) is 0 Å². The highest BCUT2D eigenvalue weighted by atomic mass is 15.6. The highest BCUT2D eigenvalue weighted by Crippen LogP contribution is 2.50. The number of hydrogen-bond donors (Lipinski definition) is 0. The summed E-state index contributed by atoms with van der Waals surface area (Å²) in [6.07, 6.45) is 9.31. The Labute approximate surface area is 126 Å². The van der Waals surface area contributed by atoms with Crippen LogP contribution in [0.1, 0.15) is 50.5 Å². The second-order valence-electron chi connectivity index (χ2n) is 7.23. The monoisotopic (exact) mass is 281 g/mol. The molecule has 5 rings (SSSR count). The summed E-state index contributed by atoms with van der Waals surface area (Å²) in [4.78, 5) is 2.63. The zero-order valence-corrected chi connectivity index (χ0v) is 12.5. The van der Waals surface area contributed by atoms with E-state index < -0.39 is 0 Å². The van der Waals surface area contributed by atoms with Crippen LogP contribution in [0.3, 0.4) is 0 Å². The minimum Gasteiger partial charge on any atom is -0.336 e. The molecule has 0 atom stereocenters. The molecule has 0 saturated heterocycles. The molecule has 0 radical (unpaired) electrons. The maximum absolute atomic E-state index is 5.14. The van der Waals surface area contributed by atoms with Crippen LogP contribution in [-0.4, -0.2) is 28.5 Å². The van der Waals surface area contributed by atoms with Gasteiger partial charge in [0.1, 0.15) is 12.5 Å². The third-order valence-electron chi connectivity index (χ3n) is 5.72. The van der Waals surface area contributed by atoms with Crippen LogP contribution in [0.5, 0.6) is 0 Å². The largest absolute Gasteiger partial charge is 0.336 e. The maximum Gasteiger partial charge on any atom is 0.129 e. The van der Waals surface area contributed by atoms with Crippen molar-refractivity contribution in [2.24, 2.45) is 11.0 Å². The molecule has 0 aromatic heterocycles. The summed E-state index contributed by atoms with van der Waals surface area (Å²) in [6, 6.07) is 11.9. The van der Waals surface area contributed by atoms with E-state index in [0.717, 1.165) is 18.6 Å². The standard InChI is InChI=1S/C18H23N3/c1-2-5-15(6-3-1)18(11-4-12-18)21-13-20(16-9-10-16)17(19-21)14-7-8-14/h1-3,5-6,14,16H,4,7-13H2. The van der Waals surface area contributed by atoms with Gasteiger partial charge in [-0.1, -0.05) is 30.3 Å². The van der Waals surface area contributed by atoms with E-state index in [2.05, 4.69) is 40.2 Å². The Balaban J connectivity index is 1.49. The van der Waals surface area contributed by atoms with Gasteiger partial charge in [-0.05, 0) is 50.5 Å². The van der Waals surface area contributed by atoms with Crippen molar-refractivity contribution < 1.29 is 0 Å². The number of benzene rings is 1. The summed E-state index contributed by atoms with van der Waals surface area (Å²) in [5, 5.41) is 7.58. The first kappa shape index (κ1) is 12.1. The van der Waals surface area contributed by atoms with E-state index in [4.69, 9.17) is 5.10 Å². The van der Waals surface area contributed by atoms with Crippen LogP contribution in [0.4, 0.5) is 0 Å². The van der Waals surface area contributed by atoms with E-state index in [1.54, 1.807) is 0 Å². The van der Waals surface area contributed by atoms with E-state index in [1.807, 2.05) is 0 Å². The van der Waals surface area contributed by atoms with Crippen LogP contribution in [0, 0.1) is 5.92 Å². The predicted octanol–water partition coefficient (Wildman–Crippen LogP) is 3.53. The molecule has 3 nitrogen and oxygen atoms in total. The van der Waals surface area contributed by atoms with Crippen LogP contribution in [0.15, 0.2) is 35.4 Å². The highest BCUT2D eigenvalue weighted by molar-refractivity contribution is 5.88. The Hall–Kier alpha value is -1.51. The number of amidine groups is 1. The Morgan fingerprint density at radius 2 is 1.76 bits per heavy atom. The fraction of sp³-hybridized carbons (Fsp3) is 0.611. The minimum atomic E-state index is 0.186. The zero-order chi connectivity index (χ0) is 13.9. The molecule has 0 amide bonds. The van der Waals surface area contributed by atoms with Gasteiger partial charge in [0.15, 0.2) is 0 Å². The summed E-state index contributed by atoms with van der Waals surface area (Å²) in [5.74, 6) is 2.18. The molecule has 0 unspecified atom stereocenters. The second-order valence-corrected chi connectivity index (χ2v) is 7.23. The first-order valence-corrected chi connectivity index (χ1v) is 8.55. The van der Waals surface area contributed by atoms with Crippen molar-refractivity contribution in [1.82, 2.24) is 9.91 Å². The minimum absolute atomic E-state index is 0.186. The van der Waals surface area contributed by atoms with E-state index in [0.29, 0.717) is 0 Å². The molecule has 21 heavy (non-hydrogen) atoms. The van der Waals surface area contributed by atoms with Gasteiger partial charge in [-0.15, -0.1) is 0 Å². The van der Waals surface area contributed by atoms with Crippen molar-refractivity contribution in [1.29, 1.82) is 0 Å². The predicted molar refractivity (Wildman–Crippen MR) is 83.7 cm³/mol. The molecule has 0 N–H and O–H groups in total. The van der Waals surface area contributed by atoms with Gasteiger partial charge in [0.05, 0.1) is 5.54 Å². The lowest BCUT2D eigenvalue weighted by atomic mass is 9.71. The number of hydrazone groups is 1. The van der Waals surface area contributed by atoms with Crippen LogP contribution < -0.4 is 0 Å². The number of rotatable bonds is 4. The first-order valence-electron chi connectivity index (χ1n) is 8.55. The van der Waals surface area contributed by atoms with Crippen LogP contribution >= 0.6 is 0 Å². The van der Waals surface area contributed by atoms with Crippen molar-refractivity contribution in [3.63, 3.8) is 0 Å². The molecular formula is C18H23N3. The van der Waals surface area contributed by atoms with Gasteiger partial charge < -0.3 is 4.90 Å². The second kappa shape index (κ2) is 4.25. The zero-order valence-electron chi connectivity index (χ0n) is 12.5. The molecule has 0 spiro atoms. The van der Waals surface area contributed by atoms with Crippen molar-refractivity contribution in [3.8, 4) is 0 Å². The third kappa shape index (κ3) is 1.82.